The normalized spacial score (nSPS) is 22.8. The number of rotatable bonds is 5. The lowest BCUT2D eigenvalue weighted by molar-refractivity contribution is 0.131. The van der Waals surface area contributed by atoms with E-state index >= 15 is 0 Å². The van der Waals surface area contributed by atoms with Crippen molar-refractivity contribution in [3.63, 3.8) is 0 Å². The van der Waals surface area contributed by atoms with Crippen LogP contribution < -0.4 is 10.5 Å². The average Bonchev–Trinajstić information content (AvgIpc) is 2.70. The van der Waals surface area contributed by atoms with Gasteiger partial charge >= 0.3 is 0 Å². The SMILES string of the molecule is CCC1CN(C)CCCN1C(CN)c1cccc(OC)c1. The van der Waals surface area contributed by atoms with Crippen LogP contribution >= 0.6 is 0 Å². The van der Waals surface area contributed by atoms with E-state index in [1.807, 2.05) is 6.07 Å². The highest BCUT2D eigenvalue weighted by Crippen LogP contribution is 2.27. The first-order valence-electron chi connectivity index (χ1n) is 7.97. The number of benzene rings is 1. The first-order valence-corrected chi connectivity index (χ1v) is 7.97. The number of nitrogens with zero attached hydrogens (tertiary/aromatic N) is 2. The van der Waals surface area contributed by atoms with Crippen LogP contribution in [0.2, 0.25) is 0 Å². The molecule has 21 heavy (non-hydrogen) atoms. The van der Waals surface area contributed by atoms with Crippen molar-refractivity contribution in [2.75, 3.05) is 40.3 Å². The molecule has 1 aliphatic rings. The van der Waals surface area contributed by atoms with E-state index in [1.54, 1.807) is 7.11 Å². The molecule has 1 aliphatic heterocycles. The molecule has 2 N–H and O–H groups in total. The molecule has 0 amide bonds. The first kappa shape index (κ1) is 16.3. The van der Waals surface area contributed by atoms with Crippen molar-refractivity contribution in [1.29, 1.82) is 0 Å². The van der Waals surface area contributed by atoms with Gasteiger partial charge in [0.1, 0.15) is 5.75 Å². The number of methoxy groups -OCH3 is 1. The topological polar surface area (TPSA) is 41.7 Å². The van der Waals surface area contributed by atoms with Gasteiger partial charge in [0.25, 0.3) is 0 Å². The molecule has 0 bridgehead atoms. The van der Waals surface area contributed by atoms with Gasteiger partial charge < -0.3 is 15.4 Å². The van der Waals surface area contributed by atoms with Gasteiger partial charge in [-0.3, -0.25) is 4.90 Å². The van der Waals surface area contributed by atoms with Gasteiger partial charge in [0.15, 0.2) is 0 Å². The van der Waals surface area contributed by atoms with Crippen LogP contribution in [0.3, 0.4) is 0 Å². The summed E-state index contributed by atoms with van der Waals surface area (Å²) in [5, 5.41) is 0. The summed E-state index contributed by atoms with van der Waals surface area (Å²) in [5.74, 6) is 0.908. The summed E-state index contributed by atoms with van der Waals surface area (Å²) in [6.07, 6.45) is 2.36. The van der Waals surface area contributed by atoms with Crippen LogP contribution in [0.5, 0.6) is 5.75 Å². The van der Waals surface area contributed by atoms with Crippen LogP contribution in [0.15, 0.2) is 24.3 Å². The number of hydrogen-bond acceptors (Lipinski definition) is 4. The van der Waals surface area contributed by atoms with E-state index in [0.29, 0.717) is 12.6 Å². The molecule has 1 aromatic carbocycles. The molecule has 1 aromatic rings. The van der Waals surface area contributed by atoms with Crippen molar-refractivity contribution in [3.05, 3.63) is 29.8 Å². The standard InChI is InChI=1S/C17H29N3O/c1-4-15-13-19(2)9-6-10-20(15)17(12-18)14-7-5-8-16(11-14)21-3/h5,7-8,11,15,17H,4,6,9-10,12-13,18H2,1-3H3. The van der Waals surface area contributed by atoms with Gasteiger partial charge in [-0.15, -0.1) is 0 Å². The Bertz CT molecular complexity index is 438. The Morgan fingerprint density at radius 3 is 2.86 bits per heavy atom. The minimum atomic E-state index is 0.275. The van der Waals surface area contributed by atoms with Gasteiger partial charge in [0.05, 0.1) is 7.11 Å². The maximum atomic E-state index is 6.13. The summed E-state index contributed by atoms with van der Waals surface area (Å²) in [6.45, 7) is 6.32. The highest BCUT2D eigenvalue weighted by Gasteiger charge is 2.28. The fourth-order valence-electron chi connectivity index (χ4n) is 3.35. The second-order valence-electron chi connectivity index (χ2n) is 5.94. The zero-order valence-corrected chi connectivity index (χ0v) is 13.6. The largest absolute Gasteiger partial charge is 0.497 e. The second-order valence-corrected chi connectivity index (χ2v) is 5.94. The third-order valence-electron chi connectivity index (χ3n) is 4.52. The van der Waals surface area contributed by atoms with E-state index in [2.05, 4.69) is 42.0 Å². The molecular weight excluding hydrogens is 262 g/mol. The molecule has 4 heteroatoms. The van der Waals surface area contributed by atoms with Crippen LogP contribution in [0, 0.1) is 0 Å². The predicted molar refractivity (Wildman–Crippen MR) is 87.7 cm³/mol. The van der Waals surface area contributed by atoms with Crippen LogP contribution in [0.4, 0.5) is 0 Å². The Balaban J connectivity index is 2.24. The van der Waals surface area contributed by atoms with E-state index in [4.69, 9.17) is 10.5 Å². The van der Waals surface area contributed by atoms with Crippen LogP contribution in [-0.4, -0.2) is 56.2 Å². The molecule has 0 spiro atoms. The van der Waals surface area contributed by atoms with Crippen molar-refractivity contribution in [2.45, 2.75) is 31.8 Å². The molecule has 0 aliphatic carbocycles. The van der Waals surface area contributed by atoms with E-state index in [9.17, 15) is 0 Å². The van der Waals surface area contributed by atoms with Crippen molar-refractivity contribution in [1.82, 2.24) is 9.80 Å². The molecule has 0 radical (unpaired) electrons. The molecule has 0 aromatic heterocycles. The number of ether oxygens (including phenoxy) is 1. The summed E-state index contributed by atoms with van der Waals surface area (Å²) in [4.78, 5) is 5.03. The first-order chi connectivity index (χ1) is 10.2. The summed E-state index contributed by atoms with van der Waals surface area (Å²) in [7, 11) is 3.93. The lowest BCUT2D eigenvalue weighted by Gasteiger charge is -2.37. The molecule has 2 unspecified atom stereocenters. The molecule has 2 rings (SSSR count). The Morgan fingerprint density at radius 2 is 2.19 bits per heavy atom. The van der Waals surface area contributed by atoms with E-state index in [0.717, 1.165) is 25.3 Å². The van der Waals surface area contributed by atoms with E-state index in [-0.39, 0.29) is 6.04 Å². The van der Waals surface area contributed by atoms with Gasteiger partial charge in [0, 0.05) is 31.7 Å². The van der Waals surface area contributed by atoms with E-state index < -0.39 is 0 Å². The molecule has 2 atom stereocenters. The number of nitrogens with two attached hydrogens (primary N) is 1. The lowest BCUT2D eigenvalue weighted by atomic mass is 10.0. The summed E-state index contributed by atoms with van der Waals surface area (Å²) < 4.78 is 5.36. The average molecular weight is 291 g/mol. The Labute approximate surface area is 128 Å². The molecule has 4 nitrogen and oxygen atoms in total. The fourth-order valence-corrected chi connectivity index (χ4v) is 3.35. The number of hydrogen-bond donors (Lipinski definition) is 1. The quantitative estimate of drug-likeness (QED) is 0.902. The van der Waals surface area contributed by atoms with Gasteiger partial charge in [-0.25, -0.2) is 0 Å². The minimum absolute atomic E-state index is 0.275. The zero-order valence-electron chi connectivity index (χ0n) is 13.6. The second kappa shape index (κ2) is 7.78. The molecule has 118 valence electrons. The third kappa shape index (κ3) is 3.96. The van der Waals surface area contributed by atoms with Crippen LogP contribution in [0.1, 0.15) is 31.4 Å². The third-order valence-corrected chi connectivity index (χ3v) is 4.52. The summed E-state index contributed by atoms with van der Waals surface area (Å²) in [5.41, 5.74) is 7.40. The smallest absolute Gasteiger partial charge is 0.119 e. The van der Waals surface area contributed by atoms with Crippen molar-refractivity contribution in [3.8, 4) is 5.75 Å². The van der Waals surface area contributed by atoms with Gasteiger partial charge in [0.2, 0.25) is 0 Å². The van der Waals surface area contributed by atoms with Crippen molar-refractivity contribution < 1.29 is 4.74 Å². The Hall–Kier alpha value is -1.10. The molecule has 1 saturated heterocycles. The van der Waals surface area contributed by atoms with Gasteiger partial charge in [-0.1, -0.05) is 19.1 Å². The molecule has 1 fully saturated rings. The van der Waals surface area contributed by atoms with Crippen molar-refractivity contribution >= 4 is 0 Å². The van der Waals surface area contributed by atoms with Gasteiger partial charge in [-0.05, 0) is 44.1 Å². The van der Waals surface area contributed by atoms with E-state index in [1.165, 1.54) is 18.5 Å². The molecule has 1 heterocycles. The van der Waals surface area contributed by atoms with Crippen LogP contribution in [-0.2, 0) is 0 Å². The molecular formula is C17H29N3O. The fraction of sp³-hybridized carbons (Fsp3) is 0.647. The van der Waals surface area contributed by atoms with Crippen molar-refractivity contribution in [2.24, 2.45) is 5.73 Å². The Kier molecular flexibility index (Phi) is 6.03. The monoisotopic (exact) mass is 291 g/mol. The van der Waals surface area contributed by atoms with Gasteiger partial charge in [-0.2, -0.15) is 0 Å². The highest BCUT2D eigenvalue weighted by molar-refractivity contribution is 5.31. The summed E-state index contributed by atoms with van der Waals surface area (Å²) in [6, 6.07) is 9.18. The maximum absolute atomic E-state index is 6.13. The zero-order chi connectivity index (χ0) is 15.2. The number of likely N-dealkylation sites (N-methyl/N-ethyl adjacent to an activating group) is 1. The Morgan fingerprint density at radius 1 is 1.38 bits per heavy atom. The minimum Gasteiger partial charge on any atom is -0.497 e. The van der Waals surface area contributed by atoms with Crippen LogP contribution in [0.25, 0.3) is 0 Å². The lowest BCUT2D eigenvalue weighted by Crippen LogP contribution is -2.44. The predicted octanol–water partition coefficient (Wildman–Crippen LogP) is 2.11. The maximum Gasteiger partial charge on any atom is 0.119 e. The summed E-state index contributed by atoms with van der Waals surface area (Å²) >= 11 is 0. The molecule has 0 saturated carbocycles. The highest BCUT2D eigenvalue weighted by atomic mass is 16.5.